The third-order valence-corrected chi connectivity index (χ3v) is 4.45. The third kappa shape index (κ3) is 5.77. The number of hydrogen-bond acceptors (Lipinski definition) is 3. The molecule has 0 unspecified atom stereocenters. The smallest absolute Gasteiger partial charge is 0.410 e. The highest BCUT2D eigenvalue weighted by atomic mass is 16.6. The van der Waals surface area contributed by atoms with Crippen LogP contribution >= 0.6 is 0 Å². The van der Waals surface area contributed by atoms with E-state index in [9.17, 15) is 10.1 Å². The van der Waals surface area contributed by atoms with Crippen molar-refractivity contribution in [2.75, 3.05) is 13.1 Å². The Bertz CT molecular complexity index is 586. The van der Waals surface area contributed by atoms with Crippen molar-refractivity contribution in [1.82, 2.24) is 4.90 Å². The fourth-order valence-corrected chi connectivity index (χ4v) is 3.07. The monoisotopic (exact) mass is 344 g/mol. The first-order valence-corrected chi connectivity index (χ1v) is 9.18. The lowest BCUT2D eigenvalue weighted by Crippen LogP contribution is -2.46. The molecule has 2 rings (SSSR count). The standard InChI is InChI=1S/C19H26N2O2.C2H6/c1-15-5-7-16(8-6-15)19(9-12-20)10-13-21(14-11-19)17(22)23-18(2,3)4;1-2/h5-8H,9-11,13-14H2,1-4H3;1-2H3. The highest BCUT2D eigenvalue weighted by Gasteiger charge is 2.38. The van der Waals surface area contributed by atoms with E-state index >= 15 is 0 Å². The van der Waals surface area contributed by atoms with Crippen molar-refractivity contribution in [3.05, 3.63) is 35.4 Å². The highest BCUT2D eigenvalue weighted by Crippen LogP contribution is 2.38. The van der Waals surface area contributed by atoms with Crippen molar-refractivity contribution in [3.8, 4) is 6.07 Å². The second-order valence-corrected chi connectivity index (χ2v) is 7.45. The first kappa shape index (κ1) is 21.0. The average molecular weight is 344 g/mol. The predicted molar refractivity (Wildman–Crippen MR) is 101 cm³/mol. The minimum Gasteiger partial charge on any atom is -0.444 e. The number of aryl methyl sites for hydroxylation is 1. The summed E-state index contributed by atoms with van der Waals surface area (Å²) in [6.45, 7) is 12.9. The summed E-state index contributed by atoms with van der Waals surface area (Å²) in [5.74, 6) is 0. The summed E-state index contributed by atoms with van der Waals surface area (Å²) in [5.41, 5.74) is 1.79. The van der Waals surface area contributed by atoms with Crippen LogP contribution in [0.1, 0.15) is 65.0 Å². The Kier molecular flexibility index (Phi) is 7.48. The summed E-state index contributed by atoms with van der Waals surface area (Å²) >= 11 is 0. The topological polar surface area (TPSA) is 53.3 Å². The van der Waals surface area contributed by atoms with Gasteiger partial charge in [0.1, 0.15) is 5.60 Å². The van der Waals surface area contributed by atoms with Crippen LogP contribution < -0.4 is 0 Å². The molecule has 1 amide bonds. The molecule has 0 atom stereocenters. The number of ether oxygens (including phenoxy) is 1. The van der Waals surface area contributed by atoms with E-state index in [1.165, 1.54) is 11.1 Å². The SMILES string of the molecule is CC.Cc1ccc(C2(CC#N)CCN(C(=O)OC(C)(C)C)CC2)cc1. The zero-order valence-corrected chi connectivity index (χ0v) is 16.6. The van der Waals surface area contributed by atoms with Crippen LogP contribution in [0.5, 0.6) is 0 Å². The molecule has 138 valence electrons. The van der Waals surface area contributed by atoms with E-state index in [1.807, 2.05) is 34.6 Å². The van der Waals surface area contributed by atoms with Gasteiger partial charge in [0.2, 0.25) is 0 Å². The Hall–Kier alpha value is -2.02. The molecule has 0 aromatic heterocycles. The highest BCUT2D eigenvalue weighted by molar-refractivity contribution is 5.68. The van der Waals surface area contributed by atoms with Crippen LogP contribution in [0.4, 0.5) is 4.79 Å². The van der Waals surface area contributed by atoms with Gasteiger partial charge in [-0.25, -0.2) is 4.79 Å². The van der Waals surface area contributed by atoms with Crippen molar-refractivity contribution in [2.24, 2.45) is 0 Å². The number of nitriles is 1. The van der Waals surface area contributed by atoms with Crippen LogP contribution in [0.2, 0.25) is 0 Å². The average Bonchev–Trinajstić information content (AvgIpc) is 2.56. The van der Waals surface area contributed by atoms with Crippen LogP contribution in [0.15, 0.2) is 24.3 Å². The van der Waals surface area contributed by atoms with Crippen LogP contribution in [-0.2, 0) is 10.2 Å². The van der Waals surface area contributed by atoms with Crippen LogP contribution in [0.3, 0.4) is 0 Å². The molecule has 0 bridgehead atoms. The summed E-state index contributed by atoms with van der Waals surface area (Å²) in [6.07, 6.45) is 1.82. The molecule has 4 heteroatoms. The summed E-state index contributed by atoms with van der Waals surface area (Å²) in [4.78, 5) is 14.0. The van der Waals surface area contributed by atoms with Crippen molar-refractivity contribution in [1.29, 1.82) is 5.26 Å². The van der Waals surface area contributed by atoms with Gasteiger partial charge in [-0.1, -0.05) is 43.7 Å². The quantitative estimate of drug-likeness (QED) is 0.740. The number of piperidine rings is 1. The van der Waals surface area contributed by atoms with Crippen molar-refractivity contribution in [2.45, 2.75) is 71.8 Å². The third-order valence-electron chi connectivity index (χ3n) is 4.45. The molecule has 1 aromatic carbocycles. The van der Waals surface area contributed by atoms with E-state index in [0.29, 0.717) is 19.5 Å². The number of rotatable bonds is 2. The van der Waals surface area contributed by atoms with E-state index in [4.69, 9.17) is 4.74 Å². The van der Waals surface area contributed by atoms with Gasteiger partial charge in [0.15, 0.2) is 0 Å². The van der Waals surface area contributed by atoms with Gasteiger partial charge in [-0.05, 0) is 46.1 Å². The maximum atomic E-state index is 12.2. The van der Waals surface area contributed by atoms with Crippen molar-refractivity contribution in [3.63, 3.8) is 0 Å². The number of nitrogens with zero attached hydrogens (tertiary/aromatic N) is 2. The first-order valence-electron chi connectivity index (χ1n) is 9.18. The summed E-state index contributed by atoms with van der Waals surface area (Å²) in [5, 5.41) is 9.27. The normalized spacial score (nSPS) is 16.3. The number of hydrogen-bond donors (Lipinski definition) is 0. The maximum absolute atomic E-state index is 12.2. The lowest BCUT2D eigenvalue weighted by Gasteiger charge is -2.41. The van der Waals surface area contributed by atoms with E-state index < -0.39 is 5.60 Å². The van der Waals surface area contributed by atoms with E-state index in [-0.39, 0.29) is 11.5 Å². The molecular formula is C21H32N2O2. The Morgan fingerprint density at radius 2 is 1.72 bits per heavy atom. The van der Waals surface area contributed by atoms with Crippen LogP contribution in [0, 0.1) is 18.3 Å². The lowest BCUT2D eigenvalue weighted by molar-refractivity contribution is 0.0165. The number of benzene rings is 1. The fourth-order valence-electron chi connectivity index (χ4n) is 3.07. The second-order valence-electron chi connectivity index (χ2n) is 7.45. The van der Waals surface area contributed by atoms with Crippen molar-refractivity contribution >= 4 is 6.09 Å². The van der Waals surface area contributed by atoms with Gasteiger partial charge in [-0.3, -0.25) is 0 Å². The number of carbonyl (C=O) groups excluding carboxylic acids is 1. The molecule has 0 spiro atoms. The zero-order valence-electron chi connectivity index (χ0n) is 16.6. The summed E-state index contributed by atoms with van der Waals surface area (Å²) in [6, 6.07) is 10.8. The summed E-state index contributed by atoms with van der Waals surface area (Å²) < 4.78 is 5.45. The van der Waals surface area contributed by atoms with E-state index in [0.717, 1.165) is 12.8 Å². The zero-order chi connectivity index (χ0) is 19.1. The second kappa shape index (κ2) is 8.89. The number of likely N-dealkylation sites (tertiary alicyclic amines) is 1. The molecule has 1 aliphatic rings. The Balaban J connectivity index is 0.00000151. The first-order chi connectivity index (χ1) is 11.8. The number of amides is 1. The lowest BCUT2D eigenvalue weighted by atomic mass is 9.71. The molecule has 25 heavy (non-hydrogen) atoms. The molecule has 4 nitrogen and oxygen atoms in total. The maximum Gasteiger partial charge on any atom is 0.410 e. The van der Waals surface area contributed by atoms with Gasteiger partial charge in [-0.2, -0.15) is 5.26 Å². The molecule has 0 radical (unpaired) electrons. The van der Waals surface area contributed by atoms with Gasteiger partial charge in [0.05, 0.1) is 6.07 Å². The Morgan fingerprint density at radius 3 is 2.16 bits per heavy atom. The van der Waals surface area contributed by atoms with Gasteiger partial charge < -0.3 is 9.64 Å². The fraction of sp³-hybridized carbons (Fsp3) is 0.619. The molecule has 0 saturated carbocycles. The van der Waals surface area contributed by atoms with Gasteiger partial charge in [0.25, 0.3) is 0 Å². The molecule has 0 aliphatic carbocycles. The Labute approximate surface area is 152 Å². The van der Waals surface area contributed by atoms with Gasteiger partial charge >= 0.3 is 6.09 Å². The Morgan fingerprint density at radius 1 is 1.20 bits per heavy atom. The summed E-state index contributed by atoms with van der Waals surface area (Å²) in [7, 11) is 0. The van der Waals surface area contributed by atoms with Gasteiger partial charge in [-0.15, -0.1) is 0 Å². The largest absolute Gasteiger partial charge is 0.444 e. The van der Waals surface area contributed by atoms with Gasteiger partial charge in [0, 0.05) is 24.9 Å². The molecule has 1 aromatic rings. The minimum absolute atomic E-state index is 0.152. The minimum atomic E-state index is -0.477. The van der Waals surface area contributed by atoms with Crippen LogP contribution in [-0.4, -0.2) is 29.7 Å². The van der Waals surface area contributed by atoms with Crippen molar-refractivity contribution < 1.29 is 9.53 Å². The molecular weight excluding hydrogens is 312 g/mol. The van der Waals surface area contributed by atoms with E-state index in [1.54, 1.807) is 4.90 Å². The molecule has 1 saturated heterocycles. The van der Waals surface area contributed by atoms with Crippen LogP contribution in [0.25, 0.3) is 0 Å². The van der Waals surface area contributed by atoms with E-state index in [2.05, 4.69) is 37.3 Å². The number of carbonyl (C=O) groups is 1. The molecule has 1 aliphatic heterocycles. The molecule has 1 heterocycles. The predicted octanol–water partition coefficient (Wildman–Crippen LogP) is 5.20. The molecule has 1 fully saturated rings. The molecule has 0 N–H and O–H groups in total.